The quantitative estimate of drug-likeness (QED) is 0.588. The van der Waals surface area contributed by atoms with Gasteiger partial charge in [0.25, 0.3) is 0 Å². The molecule has 1 N–H and O–H groups in total. The molecular weight excluding hydrogens is 242 g/mol. The first-order valence-corrected chi connectivity index (χ1v) is 9.29. The third-order valence-corrected chi connectivity index (χ3v) is 5.29. The second-order valence-corrected chi connectivity index (χ2v) is 7.71. The molecule has 0 saturated heterocycles. The third kappa shape index (κ3) is 6.16. The maximum absolute atomic E-state index is 3.73. The highest BCUT2D eigenvalue weighted by Crippen LogP contribution is 2.41. The fourth-order valence-electron chi connectivity index (χ4n) is 4.21. The van der Waals surface area contributed by atoms with E-state index in [1.807, 2.05) is 0 Å². The summed E-state index contributed by atoms with van der Waals surface area (Å²) in [5.74, 6) is 4.62. The lowest BCUT2D eigenvalue weighted by Crippen LogP contribution is -2.37. The summed E-state index contributed by atoms with van der Waals surface area (Å²) in [5, 5.41) is 3.73. The lowest BCUT2D eigenvalue weighted by molar-refractivity contribution is 0.115. The van der Waals surface area contributed by atoms with Crippen LogP contribution in [-0.4, -0.2) is 13.1 Å². The molecule has 0 aromatic heterocycles. The monoisotopic (exact) mass is 281 g/mol. The van der Waals surface area contributed by atoms with E-state index < -0.39 is 0 Å². The molecule has 0 heterocycles. The first-order chi connectivity index (χ1) is 9.58. The lowest BCUT2D eigenvalue weighted by atomic mass is 9.67. The van der Waals surface area contributed by atoms with E-state index in [2.05, 4.69) is 39.9 Å². The summed E-state index contributed by atoms with van der Waals surface area (Å²) < 4.78 is 0. The molecule has 120 valence electrons. The standard InChI is InChI=1S/C19H39N/c1-6-8-16(5)19-12-17(9-7-2)10-11-18(19)14-20-13-15(3)4/h15-20H,6-14H2,1-5H3. The molecule has 1 aliphatic rings. The van der Waals surface area contributed by atoms with Crippen LogP contribution in [0.3, 0.4) is 0 Å². The van der Waals surface area contributed by atoms with Gasteiger partial charge in [-0.05, 0) is 55.5 Å². The van der Waals surface area contributed by atoms with Gasteiger partial charge >= 0.3 is 0 Å². The highest BCUT2D eigenvalue weighted by Gasteiger charge is 2.32. The summed E-state index contributed by atoms with van der Waals surface area (Å²) in [5.41, 5.74) is 0. The number of hydrogen-bond donors (Lipinski definition) is 1. The minimum Gasteiger partial charge on any atom is -0.316 e. The number of rotatable bonds is 9. The predicted molar refractivity (Wildman–Crippen MR) is 91.0 cm³/mol. The molecule has 1 saturated carbocycles. The molecule has 0 bridgehead atoms. The summed E-state index contributed by atoms with van der Waals surface area (Å²) in [7, 11) is 0. The van der Waals surface area contributed by atoms with E-state index in [0.29, 0.717) is 0 Å². The summed E-state index contributed by atoms with van der Waals surface area (Å²) in [6.07, 6.45) is 10.1. The molecule has 1 aliphatic carbocycles. The van der Waals surface area contributed by atoms with Gasteiger partial charge < -0.3 is 5.32 Å². The van der Waals surface area contributed by atoms with Crippen LogP contribution in [0.1, 0.15) is 79.6 Å². The fraction of sp³-hybridized carbons (Fsp3) is 1.00. The minimum atomic E-state index is 0.776. The Hall–Kier alpha value is -0.0400. The largest absolute Gasteiger partial charge is 0.316 e. The summed E-state index contributed by atoms with van der Waals surface area (Å²) in [6.45, 7) is 14.3. The Morgan fingerprint density at radius 1 is 1.05 bits per heavy atom. The molecule has 0 aliphatic heterocycles. The number of nitrogens with one attached hydrogen (secondary N) is 1. The van der Waals surface area contributed by atoms with Gasteiger partial charge in [0.1, 0.15) is 0 Å². The third-order valence-electron chi connectivity index (χ3n) is 5.29. The van der Waals surface area contributed by atoms with E-state index >= 15 is 0 Å². The molecular formula is C19H39N. The van der Waals surface area contributed by atoms with Crippen molar-refractivity contribution in [2.45, 2.75) is 79.6 Å². The van der Waals surface area contributed by atoms with Gasteiger partial charge in [-0.2, -0.15) is 0 Å². The summed E-state index contributed by atoms with van der Waals surface area (Å²) in [6, 6.07) is 0. The smallest absolute Gasteiger partial charge is 0.00177 e. The molecule has 0 amide bonds. The molecule has 1 nitrogen and oxygen atoms in total. The first kappa shape index (κ1) is 18.0. The van der Waals surface area contributed by atoms with Crippen molar-refractivity contribution < 1.29 is 0 Å². The molecule has 4 unspecified atom stereocenters. The van der Waals surface area contributed by atoms with Gasteiger partial charge in [0.2, 0.25) is 0 Å². The normalized spacial score (nSPS) is 28.8. The molecule has 20 heavy (non-hydrogen) atoms. The van der Waals surface area contributed by atoms with Crippen molar-refractivity contribution in [3.05, 3.63) is 0 Å². The van der Waals surface area contributed by atoms with Crippen LogP contribution in [-0.2, 0) is 0 Å². The number of hydrogen-bond acceptors (Lipinski definition) is 1. The van der Waals surface area contributed by atoms with Crippen LogP contribution < -0.4 is 5.32 Å². The van der Waals surface area contributed by atoms with E-state index in [1.54, 1.807) is 0 Å². The van der Waals surface area contributed by atoms with Crippen molar-refractivity contribution >= 4 is 0 Å². The Morgan fingerprint density at radius 3 is 2.40 bits per heavy atom. The van der Waals surface area contributed by atoms with Gasteiger partial charge in [-0.1, -0.05) is 66.7 Å². The summed E-state index contributed by atoms with van der Waals surface area (Å²) in [4.78, 5) is 0. The maximum Gasteiger partial charge on any atom is -0.00177 e. The van der Waals surface area contributed by atoms with Crippen LogP contribution in [0.25, 0.3) is 0 Å². The van der Waals surface area contributed by atoms with Gasteiger partial charge in [0.05, 0.1) is 0 Å². The second kappa shape index (κ2) is 9.82. The molecule has 1 fully saturated rings. The molecule has 0 spiro atoms. The SMILES string of the molecule is CCCC1CCC(CNCC(C)C)C(C(C)CCC)C1. The van der Waals surface area contributed by atoms with Crippen molar-refractivity contribution in [2.24, 2.45) is 29.6 Å². The summed E-state index contributed by atoms with van der Waals surface area (Å²) >= 11 is 0. The molecule has 0 aromatic rings. The maximum atomic E-state index is 3.73. The van der Waals surface area contributed by atoms with Crippen molar-refractivity contribution in [3.8, 4) is 0 Å². The van der Waals surface area contributed by atoms with Gasteiger partial charge in [-0.3, -0.25) is 0 Å². The Labute approximate surface area is 128 Å². The van der Waals surface area contributed by atoms with Crippen molar-refractivity contribution in [2.75, 3.05) is 13.1 Å². The van der Waals surface area contributed by atoms with Crippen LogP contribution in [0.15, 0.2) is 0 Å². The van der Waals surface area contributed by atoms with E-state index in [4.69, 9.17) is 0 Å². The van der Waals surface area contributed by atoms with Gasteiger partial charge in [0.15, 0.2) is 0 Å². The Balaban J connectivity index is 2.51. The Kier molecular flexibility index (Phi) is 8.84. The lowest BCUT2D eigenvalue weighted by Gasteiger charge is -2.40. The molecule has 1 heteroatoms. The average Bonchev–Trinajstić information content (AvgIpc) is 2.40. The molecule has 0 aromatic carbocycles. The van der Waals surface area contributed by atoms with Crippen LogP contribution >= 0.6 is 0 Å². The Morgan fingerprint density at radius 2 is 1.80 bits per heavy atom. The second-order valence-electron chi connectivity index (χ2n) is 7.71. The molecule has 1 rings (SSSR count). The Bertz CT molecular complexity index is 236. The van der Waals surface area contributed by atoms with Gasteiger partial charge in [-0.15, -0.1) is 0 Å². The minimum absolute atomic E-state index is 0.776. The van der Waals surface area contributed by atoms with Crippen LogP contribution in [0.4, 0.5) is 0 Å². The first-order valence-electron chi connectivity index (χ1n) is 9.29. The molecule has 4 atom stereocenters. The van der Waals surface area contributed by atoms with Crippen LogP contribution in [0.2, 0.25) is 0 Å². The van der Waals surface area contributed by atoms with E-state index in [0.717, 1.165) is 29.6 Å². The van der Waals surface area contributed by atoms with Gasteiger partial charge in [0, 0.05) is 0 Å². The van der Waals surface area contributed by atoms with Crippen molar-refractivity contribution in [1.82, 2.24) is 5.32 Å². The zero-order valence-electron chi connectivity index (χ0n) is 14.8. The van der Waals surface area contributed by atoms with Gasteiger partial charge in [-0.25, -0.2) is 0 Å². The highest BCUT2D eigenvalue weighted by atomic mass is 14.9. The van der Waals surface area contributed by atoms with Crippen LogP contribution in [0.5, 0.6) is 0 Å². The van der Waals surface area contributed by atoms with E-state index in [9.17, 15) is 0 Å². The zero-order chi connectivity index (χ0) is 15.0. The van der Waals surface area contributed by atoms with E-state index in [-0.39, 0.29) is 0 Å². The van der Waals surface area contributed by atoms with E-state index in [1.165, 1.54) is 58.0 Å². The highest BCUT2D eigenvalue weighted by molar-refractivity contribution is 4.84. The van der Waals surface area contributed by atoms with Crippen molar-refractivity contribution in [1.29, 1.82) is 0 Å². The topological polar surface area (TPSA) is 12.0 Å². The molecule has 0 radical (unpaired) electrons. The average molecular weight is 282 g/mol. The van der Waals surface area contributed by atoms with Crippen LogP contribution in [0, 0.1) is 29.6 Å². The fourth-order valence-corrected chi connectivity index (χ4v) is 4.21. The zero-order valence-corrected chi connectivity index (χ0v) is 14.8. The van der Waals surface area contributed by atoms with Crippen molar-refractivity contribution in [3.63, 3.8) is 0 Å². The predicted octanol–water partition coefficient (Wildman–Crippen LogP) is 5.50.